The van der Waals surface area contributed by atoms with E-state index >= 15 is 0 Å². The van der Waals surface area contributed by atoms with Crippen LogP contribution in [-0.2, 0) is 9.53 Å². The predicted molar refractivity (Wildman–Crippen MR) is 93.9 cm³/mol. The number of hydrogen-bond acceptors (Lipinski definition) is 3. The van der Waals surface area contributed by atoms with Crippen LogP contribution in [0.3, 0.4) is 0 Å². The van der Waals surface area contributed by atoms with E-state index in [4.69, 9.17) is 4.74 Å². The molecule has 2 amide bonds. The Morgan fingerprint density at radius 2 is 2.04 bits per heavy atom. The van der Waals surface area contributed by atoms with E-state index in [0.717, 1.165) is 25.0 Å². The number of carbonyl (C=O) groups excluding carboxylic acids is 2. The second-order valence-electron chi connectivity index (χ2n) is 6.85. The molecule has 0 spiro atoms. The molecule has 132 valence electrons. The third kappa shape index (κ3) is 5.34. The number of aryl methyl sites for hydroxylation is 1. The summed E-state index contributed by atoms with van der Waals surface area (Å²) in [5.74, 6) is -0.0344. The van der Waals surface area contributed by atoms with Crippen LogP contribution in [0.4, 0.5) is 0 Å². The van der Waals surface area contributed by atoms with E-state index in [-0.39, 0.29) is 17.9 Å². The zero-order valence-electron chi connectivity index (χ0n) is 14.8. The van der Waals surface area contributed by atoms with Crippen molar-refractivity contribution >= 4 is 11.8 Å². The summed E-state index contributed by atoms with van der Waals surface area (Å²) in [5.41, 5.74) is 1.51. The summed E-state index contributed by atoms with van der Waals surface area (Å²) < 4.78 is 5.53. The van der Waals surface area contributed by atoms with Crippen molar-refractivity contribution in [1.29, 1.82) is 0 Å². The van der Waals surface area contributed by atoms with Gasteiger partial charge in [-0.15, -0.1) is 0 Å². The number of nitrogens with one attached hydrogen (secondary N) is 2. The van der Waals surface area contributed by atoms with Gasteiger partial charge in [-0.05, 0) is 43.7 Å². The third-order valence-corrected chi connectivity index (χ3v) is 4.25. The molecule has 1 saturated heterocycles. The maximum atomic E-state index is 12.5. The van der Waals surface area contributed by atoms with Crippen LogP contribution >= 0.6 is 0 Å². The summed E-state index contributed by atoms with van der Waals surface area (Å²) in [6.07, 6.45) is 2.72. The summed E-state index contributed by atoms with van der Waals surface area (Å²) >= 11 is 0. The summed E-state index contributed by atoms with van der Waals surface area (Å²) in [6, 6.07) is 6.87. The molecular weight excluding hydrogens is 304 g/mol. The zero-order chi connectivity index (χ0) is 17.5. The Balaban J connectivity index is 1.97. The lowest BCUT2D eigenvalue weighted by atomic mass is 10.0. The molecular formula is C19H28N2O3. The molecule has 5 nitrogen and oxygen atoms in total. The second-order valence-corrected chi connectivity index (χ2v) is 6.85. The fraction of sp³-hybridized carbons (Fsp3) is 0.579. The van der Waals surface area contributed by atoms with Crippen molar-refractivity contribution in [3.05, 3.63) is 35.4 Å². The largest absolute Gasteiger partial charge is 0.376 e. The highest BCUT2D eigenvalue weighted by atomic mass is 16.5. The molecule has 1 aliphatic heterocycles. The molecule has 1 aliphatic rings. The van der Waals surface area contributed by atoms with Gasteiger partial charge in [-0.3, -0.25) is 9.59 Å². The van der Waals surface area contributed by atoms with Crippen molar-refractivity contribution < 1.29 is 14.3 Å². The third-order valence-electron chi connectivity index (χ3n) is 4.25. The number of carbonyl (C=O) groups is 2. The van der Waals surface area contributed by atoms with E-state index in [0.29, 0.717) is 24.4 Å². The minimum atomic E-state index is -0.529. The molecule has 0 radical (unpaired) electrons. The Labute approximate surface area is 144 Å². The topological polar surface area (TPSA) is 67.4 Å². The van der Waals surface area contributed by atoms with E-state index in [1.165, 1.54) is 0 Å². The summed E-state index contributed by atoms with van der Waals surface area (Å²) in [7, 11) is 0. The van der Waals surface area contributed by atoms with Crippen molar-refractivity contribution in [3.8, 4) is 0 Å². The quantitative estimate of drug-likeness (QED) is 0.806. The van der Waals surface area contributed by atoms with Crippen LogP contribution in [-0.4, -0.2) is 37.1 Å². The number of amides is 2. The molecule has 2 unspecified atom stereocenters. The van der Waals surface area contributed by atoms with Gasteiger partial charge < -0.3 is 15.4 Å². The number of benzene rings is 1. The van der Waals surface area contributed by atoms with Crippen LogP contribution in [0.1, 0.15) is 49.0 Å². The lowest BCUT2D eigenvalue weighted by Crippen LogP contribution is -2.49. The molecule has 0 bridgehead atoms. The van der Waals surface area contributed by atoms with Crippen LogP contribution < -0.4 is 10.6 Å². The smallest absolute Gasteiger partial charge is 0.252 e. The second kappa shape index (κ2) is 8.83. The minimum Gasteiger partial charge on any atom is -0.376 e. The van der Waals surface area contributed by atoms with Gasteiger partial charge in [-0.25, -0.2) is 0 Å². The molecule has 1 fully saturated rings. The van der Waals surface area contributed by atoms with Crippen LogP contribution in [0.15, 0.2) is 24.3 Å². The first-order chi connectivity index (χ1) is 11.5. The number of rotatable bonds is 7. The zero-order valence-corrected chi connectivity index (χ0v) is 14.8. The first kappa shape index (κ1) is 18.5. The normalized spacial score (nSPS) is 18.4. The van der Waals surface area contributed by atoms with Crippen LogP contribution in [0.25, 0.3) is 0 Å². The van der Waals surface area contributed by atoms with Gasteiger partial charge in [0.25, 0.3) is 5.91 Å². The van der Waals surface area contributed by atoms with Crippen molar-refractivity contribution in [3.63, 3.8) is 0 Å². The van der Waals surface area contributed by atoms with Crippen molar-refractivity contribution in [1.82, 2.24) is 10.6 Å². The summed E-state index contributed by atoms with van der Waals surface area (Å²) in [5, 5.41) is 5.81. The lowest BCUT2D eigenvalue weighted by molar-refractivity contribution is -0.123. The van der Waals surface area contributed by atoms with Crippen molar-refractivity contribution in [2.45, 2.75) is 52.2 Å². The number of ether oxygens (including phenoxy) is 1. The average molecular weight is 332 g/mol. The Morgan fingerprint density at radius 1 is 1.29 bits per heavy atom. The van der Waals surface area contributed by atoms with Gasteiger partial charge in [0.15, 0.2) is 0 Å². The maximum Gasteiger partial charge on any atom is 0.252 e. The molecule has 1 heterocycles. The van der Waals surface area contributed by atoms with E-state index in [2.05, 4.69) is 10.6 Å². The lowest BCUT2D eigenvalue weighted by Gasteiger charge is -2.21. The summed E-state index contributed by atoms with van der Waals surface area (Å²) in [6.45, 7) is 7.25. The van der Waals surface area contributed by atoms with Crippen LogP contribution in [0.5, 0.6) is 0 Å². The Hall–Kier alpha value is -1.88. The van der Waals surface area contributed by atoms with Crippen molar-refractivity contribution in [2.75, 3.05) is 13.2 Å². The molecule has 1 aromatic carbocycles. The van der Waals surface area contributed by atoms with Gasteiger partial charge in [-0.1, -0.05) is 32.0 Å². The molecule has 0 saturated carbocycles. The SMILES string of the molecule is Cc1ccccc1C(=O)NC(CC(C)C)C(=O)NCC1CCCO1. The van der Waals surface area contributed by atoms with Crippen molar-refractivity contribution in [2.24, 2.45) is 5.92 Å². The van der Waals surface area contributed by atoms with Crippen LogP contribution in [0.2, 0.25) is 0 Å². The molecule has 0 aromatic heterocycles. The van der Waals surface area contributed by atoms with E-state index in [1.54, 1.807) is 6.07 Å². The first-order valence-electron chi connectivity index (χ1n) is 8.73. The molecule has 2 N–H and O–H groups in total. The highest BCUT2D eigenvalue weighted by Crippen LogP contribution is 2.12. The van der Waals surface area contributed by atoms with Gasteiger partial charge in [-0.2, -0.15) is 0 Å². The summed E-state index contributed by atoms with van der Waals surface area (Å²) in [4.78, 5) is 25.0. The van der Waals surface area contributed by atoms with E-state index < -0.39 is 6.04 Å². The van der Waals surface area contributed by atoms with Crippen LogP contribution in [0, 0.1) is 12.8 Å². The van der Waals surface area contributed by atoms with Gasteiger partial charge in [0, 0.05) is 18.7 Å². The first-order valence-corrected chi connectivity index (χ1v) is 8.73. The van der Waals surface area contributed by atoms with Gasteiger partial charge in [0.05, 0.1) is 6.10 Å². The van der Waals surface area contributed by atoms with E-state index in [1.807, 2.05) is 39.0 Å². The standard InChI is InChI=1S/C19H28N2O3/c1-13(2)11-17(19(23)20-12-15-8-6-10-24-15)21-18(22)16-9-5-4-7-14(16)3/h4-5,7,9,13,15,17H,6,8,10-12H2,1-3H3,(H,20,23)(H,21,22). The van der Waals surface area contributed by atoms with Gasteiger partial charge >= 0.3 is 0 Å². The highest BCUT2D eigenvalue weighted by molar-refractivity contribution is 5.98. The fourth-order valence-corrected chi connectivity index (χ4v) is 2.91. The molecule has 2 rings (SSSR count). The molecule has 1 aromatic rings. The minimum absolute atomic E-state index is 0.0979. The highest BCUT2D eigenvalue weighted by Gasteiger charge is 2.24. The average Bonchev–Trinajstić information content (AvgIpc) is 3.05. The molecule has 24 heavy (non-hydrogen) atoms. The predicted octanol–water partition coefficient (Wildman–Crippen LogP) is 2.43. The Morgan fingerprint density at radius 3 is 2.67 bits per heavy atom. The van der Waals surface area contributed by atoms with E-state index in [9.17, 15) is 9.59 Å². The maximum absolute atomic E-state index is 12.5. The Kier molecular flexibility index (Phi) is 6.79. The molecule has 2 atom stereocenters. The Bertz CT molecular complexity index is 565. The van der Waals surface area contributed by atoms with Gasteiger partial charge in [0.1, 0.15) is 6.04 Å². The molecule has 0 aliphatic carbocycles. The molecule has 5 heteroatoms. The fourth-order valence-electron chi connectivity index (χ4n) is 2.91. The number of hydrogen-bond donors (Lipinski definition) is 2. The monoisotopic (exact) mass is 332 g/mol. The van der Waals surface area contributed by atoms with Gasteiger partial charge in [0.2, 0.25) is 5.91 Å².